The van der Waals surface area contributed by atoms with Gasteiger partial charge in [0.2, 0.25) is 17.7 Å². The minimum absolute atomic E-state index is 0.0641. The summed E-state index contributed by atoms with van der Waals surface area (Å²) in [6.45, 7) is 0.777. The maximum absolute atomic E-state index is 13.5. The lowest BCUT2D eigenvalue weighted by Gasteiger charge is -2.19. The Hall–Kier alpha value is -3.82. The maximum Gasteiger partial charge on any atom is 0.279 e. The number of aromatic nitrogens is 3. The van der Waals surface area contributed by atoms with Gasteiger partial charge in [-0.25, -0.2) is 9.97 Å². The van der Waals surface area contributed by atoms with Crippen LogP contribution in [-0.4, -0.2) is 33.2 Å². The molecule has 1 aliphatic heterocycles. The van der Waals surface area contributed by atoms with Gasteiger partial charge in [-0.2, -0.15) is 0 Å². The number of carbonyl (C=O) groups excluding carboxylic acids is 1. The number of thioether (sulfide) groups is 1. The third-order valence-electron chi connectivity index (χ3n) is 5.89. The van der Waals surface area contributed by atoms with Crippen LogP contribution in [-0.2, 0) is 11.3 Å². The van der Waals surface area contributed by atoms with Crippen LogP contribution in [0.15, 0.2) is 82.7 Å². The number of hydrogen-bond acceptors (Lipinski definition) is 7. The summed E-state index contributed by atoms with van der Waals surface area (Å²) < 4.78 is 7.40. The van der Waals surface area contributed by atoms with Gasteiger partial charge in [0, 0.05) is 29.7 Å². The third kappa shape index (κ3) is 5.79. The molecule has 0 saturated carbocycles. The number of nitrogens with zero attached hydrogens (tertiary/aromatic N) is 4. The van der Waals surface area contributed by atoms with Gasteiger partial charge >= 0.3 is 0 Å². The van der Waals surface area contributed by atoms with Gasteiger partial charge in [-0.1, -0.05) is 29.8 Å². The highest BCUT2D eigenvalue weighted by molar-refractivity contribution is 7.98. The van der Waals surface area contributed by atoms with E-state index in [0.717, 1.165) is 22.7 Å². The van der Waals surface area contributed by atoms with Crippen molar-refractivity contribution in [2.45, 2.75) is 24.4 Å². The molecule has 2 aromatic carbocycles. The second kappa shape index (κ2) is 11.1. The highest BCUT2D eigenvalue weighted by atomic mass is 35.5. The van der Waals surface area contributed by atoms with Crippen molar-refractivity contribution in [2.24, 2.45) is 0 Å². The van der Waals surface area contributed by atoms with Crippen molar-refractivity contribution < 1.29 is 9.53 Å². The van der Waals surface area contributed by atoms with Crippen LogP contribution < -0.4 is 20.5 Å². The fourth-order valence-electron chi connectivity index (χ4n) is 4.01. The van der Waals surface area contributed by atoms with Gasteiger partial charge in [0.05, 0.1) is 17.8 Å². The normalized spacial score (nSPS) is 13.1. The van der Waals surface area contributed by atoms with Crippen molar-refractivity contribution in [1.82, 2.24) is 14.5 Å². The Balaban J connectivity index is 1.42. The van der Waals surface area contributed by atoms with Gasteiger partial charge in [0.15, 0.2) is 0 Å². The Morgan fingerprint density at radius 2 is 1.84 bits per heavy atom. The second-order valence-electron chi connectivity index (χ2n) is 8.40. The molecule has 0 radical (unpaired) electrons. The summed E-state index contributed by atoms with van der Waals surface area (Å²) in [4.78, 5) is 36.3. The van der Waals surface area contributed by atoms with E-state index in [9.17, 15) is 9.59 Å². The van der Waals surface area contributed by atoms with Gasteiger partial charge in [-0.05, 0) is 60.7 Å². The summed E-state index contributed by atoms with van der Waals surface area (Å²) in [6.07, 6.45) is 4.58. The van der Waals surface area contributed by atoms with Crippen molar-refractivity contribution in [3.63, 3.8) is 0 Å². The molecule has 0 spiro atoms. The number of hydrogen-bond donors (Lipinski definition) is 1. The van der Waals surface area contributed by atoms with Crippen LogP contribution in [0.3, 0.4) is 0 Å². The molecule has 4 aromatic rings. The van der Waals surface area contributed by atoms with Gasteiger partial charge in [0.1, 0.15) is 11.4 Å². The van der Waals surface area contributed by atoms with E-state index in [1.54, 1.807) is 30.0 Å². The zero-order chi connectivity index (χ0) is 25.8. The van der Waals surface area contributed by atoms with Crippen LogP contribution in [0.4, 0.5) is 17.3 Å². The molecule has 1 saturated heterocycles. The number of amides is 1. The number of halogens is 1. The van der Waals surface area contributed by atoms with Crippen molar-refractivity contribution in [1.29, 1.82) is 0 Å². The first-order chi connectivity index (χ1) is 18.0. The molecule has 1 fully saturated rings. The van der Waals surface area contributed by atoms with E-state index < -0.39 is 0 Å². The Kier molecular flexibility index (Phi) is 7.43. The molecule has 3 heterocycles. The molecule has 0 unspecified atom stereocenters. The number of carbonyl (C=O) groups is 1. The number of benzene rings is 2. The van der Waals surface area contributed by atoms with Gasteiger partial charge < -0.3 is 15.0 Å². The molecule has 37 heavy (non-hydrogen) atoms. The first kappa shape index (κ1) is 24.9. The molecule has 1 aliphatic rings. The van der Waals surface area contributed by atoms with E-state index in [0.29, 0.717) is 35.6 Å². The Bertz CT molecular complexity index is 1480. The molecule has 8 nitrogen and oxygen atoms in total. The highest BCUT2D eigenvalue weighted by Crippen LogP contribution is 2.25. The van der Waals surface area contributed by atoms with E-state index in [-0.39, 0.29) is 23.7 Å². The van der Waals surface area contributed by atoms with Crippen LogP contribution in [0.1, 0.15) is 18.4 Å². The molecular weight excluding hydrogens is 510 g/mol. The molecule has 10 heteroatoms. The predicted octanol–water partition coefficient (Wildman–Crippen LogP) is 5.72. The largest absolute Gasteiger partial charge is 0.439 e. The topological polar surface area (TPSA) is 89.4 Å². The Morgan fingerprint density at radius 3 is 2.54 bits per heavy atom. The van der Waals surface area contributed by atoms with Crippen molar-refractivity contribution >= 4 is 46.6 Å². The lowest BCUT2D eigenvalue weighted by Crippen LogP contribution is -2.34. The molecule has 188 valence electrons. The first-order valence-electron chi connectivity index (χ1n) is 11.7. The predicted molar refractivity (Wildman–Crippen MR) is 146 cm³/mol. The number of rotatable bonds is 8. The van der Waals surface area contributed by atoms with Crippen molar-refractivity contribution in [3.8, 4) is 11.6 Å². The van der Waals surface area contributed by atoms with Crippen LogP contribution in [0, 0.1) is 0 Å². The Labute approximate surface area is 223 Å². The monoisotopic (exact) mass is 533 g/mol. The minimum Gasteiger partial charge on any atom is -0.439 e. The molecule has 5 rings (SSSR count). The number of anilines is 3. The van der Waals surface area contributed by atoms with Crippen LogP contribution in [0.2, 0.25) is 5.02 Å². The molecular formula is C27H24ClN5O3S. The van der Waals surface area contributed by atoms with E-state index >= 15 is 0 Å². The average Bonchev–Trinajstić information content (AvgIpc) is 3.34. The van der Waals surface area contributed by atoms with Crippen LogP contribution >= 0.6 is 23.4 Å². The summed E-state index contributed by atoms with van der Waals surface area (Å²) in [5.41, 5.74) is 1.60. The average molecular weight is 534 g/mol. The summed E-state index contributed by atoms with van der Waals surface area (Å²) >= 11 is 7.58. The fraction of sp³-hybridized carbons (Fsp3) is 0.185. The molecule has 0 aliphatic carbocycles. The quantitative estimate of drug-likeness (QED) is 0.289. The van der Waals surface area contributed by atoms with Crippen molar-refractivity contribution in [2.75, 3.05) is 23.0 Å². The summed E-state index contributed by atoms with van der Waals surface area (Å²) in [7, 11) is 0. The van der Waals surface area contributed by atoms with Crippen LogP contribution in [0.5, 0.6) is 11.6 Å². The smallest absolute Gasteiger partial charge is 0.279 e. The highest BCUT2D eigenvalue weighted by Gasteiger charge is 2.26. The number of nitrogens with one attached hydrogen (secondary N) is 1. The maximum atomic E-state index is 13.5. The van der Waals surface area contributed by atoms with Crippen molar-refractivity contribution in [3.05, 3.63) is 93.9 Å². The third-order valence-corrected chi connectivity index (χ3v) is 6.78. The van der Waals surface area contributed by atoms with E-state index in [2.05, 4.69) is 15.3 Å². The first-order valence-corrected chi connectivity index (χ1v) is 13.3. The van der Waals surface area contributed by atoms with E-state index in [4.69, 9.17) is 16.3 Å². The van der Waals surface area contributed by atoms with Gasteiger partial charge in [0.25, 0.3) is 5.56 Å². The lowest BCUT2D eigenvalue weighted by molar-refractivity contribution is -0.117. The van der Waals surface area contributed by atoms with Crippen LogP contribution in [0.25, 0.3) is 0 Å². The Morgan fingerprint density at radius 1 is 1.05 bits per heavy atom. The second-order valence-corrected chi connectivity index (χ2v) is 9.67. The van der Waals surface area contributed by atoms with Gasteiger partial charge in [-0.3, -0.25) is 14.2 Å². The molecule has 2 aromatic heterocycles. The number of pyridine rings is 1. The SMILES string of the molecule is CSc1cccc(Oc2ccc(Nc3ncc(N4CCCC4=O)c(=O)n3Cc3ccc(Cl)cc3)cc2)n1. The summed E-state index contributed by atoms with van der Waals surface area (Å²) in [5.74, 6) is 1.44. The minimum atomic E-state index is -0.289. The zero-order valence-corrected chi connectivity index (χ0v) is 21.6. The van der Waals surface area contributed by atoms with E-state index in [1.165, 1.54) is 15.7 Å². The molecule has 1 amide bonds. The summed E-state index contributed by atoms with van der Waals surface area (Å²) in [6, 6.07) is 20.2. The lowest BCUT2D eigenvalue weighted by atomic mass is 10.2. The molecule has 0 atom stereocenters. The summed E-state index contributed by atoms with van der Waals surface area (Å²) in [5, 5.41) is 4.72. The molecule has 1 N–H and O–H groups in total. The fourth-order valence-corrected chi connectivity index (χ4v) is 4.53. The zero-order valence-electron chi connectivity index (χ0n) is 20.1. The molecule has 0 bridgehead atoms. The van der Waals surface area contributed by atoms with E-state index in [1.807, 2.05) is 54.8 Å². The van der Waals surface area contributed by atoms with Gasteiger partial charge in [-0.15, -0.1) is 11.8 Å². The standard InChI is InChI=1S/C27H24ClN5O3S/c1-37-24-5-2-4-23(31-24)36-21-13-11-20(12-14-21)30-27-29-16-22(32-15-3-6-25(32)34)26(35)33(27)17-18-7-9-19(28)10-8-18/h2,4-5,7-14,16H,3,6,15,17H2,1H3,(H,29,30). The number of ether oxygens (including phenoxy) is 1.